The lowest BCUT2D eigenvalue weighted by Crippen LogP contribution is -2.32. The highest BCUT2D eigenvalue weighted by Gasteiger charge is 2.33. The summed E-state index contributed by atoms with van der Waals surface area (Å²) in [4.78, 5) is 19.1. The summed E-state index contributed by atoms with van der Waals surface area (Å²) >= 11 is 0. The quantitative estimate of drug-likeness (QED) is 0.731. The minimum absolute atomic E-state index is 0.105. The number of amides is 1. The van der Waals surface area contributed by atoms with E-state index in [4.69, 9.17) is 4.52 Å². The molecule has 0 unspecified atom stereocenters. The Balaban J connectivity index is 1.52. The minimum Gasteiger partial charge on any atom is -0.337 e. The predicted octanol–water partition coefficient (Wildman–Crippen LogP) is 3.64. The number of aromatic nitrogens is 2. The molecule has 1 aliphatic heterocycles. The Morgan fingerprint density at radius 1 is 1.08 bits per heavy atom. The van der Waals surface area contributed by atoms with Gasteiger partial charge in [0.15, 0.2) is 0 Å². The summed E-state index contributed by atoms with van der Waals surface area (Å²) in [5, 5.41) is 4.08. The molecule has 1 aliphatic rings. The van der Waals surface area contributed by atoms with Gasteiger partial charge in [0, 0.05) is 12.1 Å². The molecule has 1 fully saturated rings. The van der Waals surface area contributed by atoms with Crippen LogP contribution in [0.2, 0.25) is 0 Å². The molecule has 3 aromatic rings. The lowest BCUT2D eigenvalue weighted by Gasteiger charge is -2.21. The van der Waals surface area contributed by atoms with Crippen molar-refractivity contribution in [3.63, 3.8) is 0 Å². The van der Waals surface area contributed by atoms with E-state index in [1.54, 1.807) is 0 Å². The molecule has 5 heteroatoms. The normalized spacial score (nSPS) is 17.0. The minimum atomic E-state index is -0.124. The Hall–Kier alpha value is -2.95. The van der Waals surface area contributed by atoms with Gasteiger partial charge in [-0.2, -0.15) is 4.98 Å². The van der Waals surface area contributed by atoms with Crippen LogP contribution in [0, 0.1) is 0 Å². The van der Waals surface area contributed by atoms with Crippen molar-refractivity contribution < 1.29 is 9.32 Å². The van der Waals surface area contributed by atoms with Gasteiger partial charge in [0.2, 0.25) is 17.6 Å². The first-order valence-corrected chi connectivity index (χ1v) is 8.54. The van der Waals surface area contributed by atoms with E-state index in [1.165, 1.54) is 0 Å². The van der Waals surface area contributed by atoms with Crippen molar-refractivity contribution in [1.29, 1.82) is 0 Å². The van der Waals surface area contributed by atoms with Gasteiger partial charge >= 0.3 is 0 Å². The van der Waals surface area contributed by atoms with Crippen LogP contribution in [-0.4, -0.2) is 27.5 Å². The fourth-order valence-corrected chi connectivity index (χ4v) is 3.27. The monoisotopic (exact) mass is 333 g/mol. The van der Waals surface area contributed by atoms with E-state index in [0.717, 1.165) is 30.5 Å². The van der Waals surface area contributed by atoms with Crippen molar-refractivity contribution in [1.82, 2.24) is 15.0 Å². The second-order valence-electron chi connectivity index (χ2n) is 6.23. The summed E-state index contributed by atoms with van der Waals surface area (Å²) in [5.74, 6) is 1.20. The Labute approximate surface area is 146 Å². The SMILES string of the molecule is O=C(Cc1ccccc1)N1CCC[C@H]1c1nc(-c2ccccc2)no1. The van der Waals surface area contributed by atoms with Crippen LogP contribution in [0.25, 0.3) is 11.4 Å². The van der Waals surface area contributed by atoms with E-state index in [0.29, 0.717) is 18.1 Å². The number of likely N-dealkylation sites (tertiary alicyclic amines) is 1. The van der Waals surface area contributed by atoms with E-state index < -0.39 is 0 Å². The van der Waals surface area contributed by atoms with Gasteiger partial charge in [0.05, 0.1) is 6.42 Å². The third kappa shape index (κ3) is 3.31. The molecule has 1 aromatic heterocycles. The van der Waals surface area contributed by atoms with Crippen molar-refractivity contribution in [2.24, 2.45) is 0 Å². The van der Waals surface area contributed by atoms with Crippen LogP contribution in [0.15, 0.2) is 65.2 Å². The van der Waals surface area contributed by atoms with E-state index in [-0.39, 0.29) is 11.9 Å². The van der Waals surface area contributed by atoms with Crippen molar-refractivity contribution in [3.8, 4) is 11.4 Å². The fraction of sp³-hybridized carbons (Fsp3) is 0.250. The Kier molecular flexibility index (Phi) is 4.29. The first-order chi connectivity index (χ1) is 12.3. The summed E-state index contributed by atoms with van der Waals surface area (Å²) in [7, 11) is 0. The maximum absolute atomic E-state index is 12.7. The molecule has 0 N–H and O–H groups in total. The van der Waals surface area contributed by atoms with E-state index >= 15 is 0 Å². The number of rotatable bonds is 4. The highest BCUT2D eigenvalue weighted by molar-refractivity contribution is 5.79. The molecule has 0 saturated carbocycles. The summed E-state index contributed by atoms with van der Waals surface area (Å²) in [6.07, 6.45) is 2.21. The van der Waals surface area contributed by atoms with Gasteiger partial charge < -0.3 is 9.42 Å². The van der Waals surface area contributed by atoms with Crippen LogP contribution in [0.1, 0.15) is 30.3 Å². The molecule has 0 radical (unpaired) electrons. The van der Waals surface area contributed by atoms with Crippen molar-refractivity contribution in [2.45, 2.75) is 25.3 Å². The summed E-state index contributed by atoms with van der Waals surface area (Å²) in [5.41, 5.74) is 1.94. The molecular weight excluding hydrogens is 314 g/mol. The molecule has 2 heterocycles. The van der Waals surface area contributed by atoms with Gasteiger partial charge in [-0.15, -0.1) is 0 Å². The van der Waals surface area contributed by atoms with Gasteiger partial charge in [-0.25, -0.2) is 0 Å². The second-order valence-corrected chi connectivity index (χ2v) is 6.23. The number of carbonyl (C=O) groups is 1. The van der Waals surface area contributed by atoms with Crippen molar-refractivity contribution in [3.05, 3.63) is 72.1 Å². The molecular formula is C20H19N3O2. The molecule has 2 aromatic carbocycles. The van der Waals surface area contributed by atoms with E-state index in [9.17, 15) is 4.79 Å². The zero-order chi connectivity index (χ0) is 17.1. The molecule has 126 valence electrons. The zero-order valence-electron chi connectivity index (χ0n) is 13.8. The van der Waals surface area contributed by atoms with Crippen LogP contribution < -0.4 is 0 Å². The van der Waals surface area contributed by atoms with Crippen LogP contribution >= 0.6 is 0 Å². The summed E-state index contributed by atoms with van der Waals surface area (Å²) < 4.78 is 5.48. The number of benzene rings is 2. The lowest BCUT2D eigenvalue weighted by atomic mass is 10.1. The largest absolute Gasteiger partial charge is 0.337 e. The average Bonchev–Trinajstić information content (AvgIpc) is 3.32. The lowest BCUT2D eigenvalue weighted by molar-refractivity contribution is -0.131. The van der Waals surface area contributed by atoms with Crippen LogP contribution in [0.4, 0.5) is 0 Å². The molecule has 1 saturated heterocycles. The van der Waals surface area contributed by atoms with Crippen LogP contribution in [0.5, 0.6) is 0 Å². The average molecular weight is 333 g/mol. The topological polar surface area (TPSA) is 59.2 Å². The molecule has 5 nitrogen and oxygen atoms in total. The van der Waals surface area contributed by atoms with Crippen molar-refractivity contribution in [2.75, 3.05) is 6.54 Å². The molecule has 4 rings (SSSR count). The number of nitrogens with zero attached hydrogens (tertiary/aromatic N) is 3. The van der Waals surface area contributed by atoms with Crippen molar-refractivity contribution >= 4 is 5.91 Å². The maximum atomic E-state index is 12.7. The van der Waals surface area contributed by atoms with Gasteiger partial charge in [-0.3, -0.25) is 4.79 Å². The van der Waals surface area contributed by atoms with Gasteiger partial charge in [0.25, 0.3) is 0 Å². The molecule has 0 spiro atoms. The number of hydrogen-bond acceptors (Lipinski definition) is 4. The Morgan fingerprint density at radius 2 is 1.80 bits per heavy atom. The van der Waals surface area contributed by atoms with Crippen LogP contribution in [-0.2, 0) is 11.2 Å². The zero-order valence-corrected chi connectivity index (χ0v) is 13.8. The van der Waals surface area contributed by atoms with Gasteiger partial charge in [-0.1, -0.05) is 65.8 Å². The Bertz CT molecular complexity index is 846. The van der Waals surface area contributed by atoms with Gasteiger partial charge in [0.1, 0.15) is 6.04 Å². The molecule has 0 bridgehead atoms. The molecule has 1 atom stereocenters. The van der Waals surface area contributed by atoms with E-state index in [1.807, 2.05) is 65.6 Å². The number of hydrogen-bond donors (Lipinski definition) is 0. The summed E-state index contributed by atoms with van der Waals surface area (Å²) in [6, 6.07) is 19.4. The predicted molar refractivity (Wildman–Crippen MR) is 93.6 cm³/mol. The first-order valence-electron chi connectivity index (χ1n) is 8.54. The second kappa shape index (κ2) is 6.89. The molecule has 25 heavy (non-hydrogen) atoms. The highest BCUT2D eigenvalue weighted by Crippen LogP contribution is 2.32. The third-order valence-corrected chi connectivity index (χ3v) is 4.53. The standard InChI is InChI=1S/C20H19N3O2/c24-18(14-15-8-3-1-4-9-15)23-13-7-12-17(23)20-21-19(22-25-20)16-10-5-2-6-11-16/h1-6,8-11,17H,7,12-14H2/t17-/m0/s1. The third-order valence-electron chi connectivity index (χ3n) is 4.53. The van der Waals surface area contributed by atoms with Crippen LogP contribution in [0.3, 0.4) is 0 Å². The smallest absolute Gasteiger partial charge is 0.249 e. The molecule has 0 aliphatic carbocycles. The number of carbonyl (C=O) groups excluding carboxylic acids is 1. The maximum Gasteiger partial charge on any atom is 0.249 e. The first kappa shape index (κ1) is 15.6. The molecule has 1 amide bonds. The Morgan fingerprint density at radius 3 is 2.56 bits per heavy atom. The highest BCUT2D eigenvalue weighted by atomic mass is 16.5. The van der Waals surface area contributed by atoms with Gasteiger partial charge in [-0.05, 0) is 18.4 Å². The van der Waals surface area contributed by atoms with E-state index in [2.05, 4.69) is 10.1 Å². The fourth-order valence-electron chi connectivity index (χ4n) is 3.27. The summed E-state index contributed by atoms with van der Waals surface area (Å²) in [6.45, 7) is 0.735.